The molecule has 0 amide bonds. The molecule has 0 saturated carbocycles. The van der Waals surface area contributed by atoms with E-state index in [4.69, 9.17) is 18.0 Å². The third kappa shape index (κ3) is 2.81. The van der Waals surface area contributed by atoms with Crippen molar-refractivity contribution in [1.29, 1.82) is 0 Å². The number of piperidine rings is 1. The first-order valence-corrected chi connectivity index (χ1v) is 7.49. The van der Waals surface area contributed by atoms with E-state index in [1.54, 1.807) is 0 Å². The Kier molecular flexibility index (Phi) is 3.94. The number of pyridine rings is 1. The molecule has 3 rings (SSSR count). The lowest BCUT2D eigenvalue weighted by Crippen LogP contribution is -2.37. The number of aromatic nitrogens is 1. The van der Waals surface area contributed by atoms with Gasteiger partial charge in [0.2, 0.25) is 0 Å². The van der Waals surface area contributed by atoms with E-state index >= 15 is 0 Å². The quantitative estimate of drug-likeness (QED) is 0.881. The van der Waals surface area contributed by atoms with Crippen LogP contribution >= 0.6 is 12.2 Å². The van der Waals surface area contributed by atoms with Crippen LogP contribution in [0.2, 0.25) is 0 Å². The van der Waals surface area contributed by atoms with Crippen LogP contribution in [0.15, 0.2) is 36.5 Å². The monoisotopic (exact) mass is 285 g/mol. The van der Waals surface area contributed by atoms with Gasteiger partial charge in [-0.1, -0.05) is 30.4 Å². The zero-order chi connectivity index (χ0) is 13.9. The van der Waals surface area contributed by atoms with Gasteiger partial charge < -0.3 is 5.73 Å². The molecule has 0 unspecified atom stereocenters. The number of para-hydroxylation sites is 1. The molecule has 1 aromatic carbocycles. The predicted molar refractivity (Wildman–Crippen MR) is 86.5 cm³/mol. The van der Waals surface area contributed by atoms with E-state index in [1.165, 1.54) is 10.9 Å². The van der Waals surface area contributed by atoms with Gasteiger partial charge in [-0.2, -0.15) is 0 Å². The van der Waals surface area contributed by atoms with Gasteiger partial charge in [0, 0.05) is 24.0 Å². The number of benzene rings is 1. The molecule has 0 spiro atoms. The second-order valence-electron chi connectivity index (χ2n) is 5.44. The lowest BCUT2D eigenvalue weighted by molar-refractivity contribution is 0.203. The molecular formula is C16H19N3S. The Morgan fingerprint density at radius 2 is 2.00 bits per heavy atom. The maximum absolute atomic E-state index is 5.74. The molecule has 3 nitrogen and oxygen atoms in total. The third-order valence-electron chi connectivity index (χ3n) is 4.12. The summed E-state index contributed by atoms with van der Waals surface area (Å²) < 4.78 is 0. The number of hydrogen-bond acceptors (Lipinski definition) is 3. The standard InChI is InChI=1S/C16H19N3S/c17-16(20)12-6-9-19(10-7-12)11-13-5-8-18-15-4-2-1-3-14(13)15/h1-5,8,12H,6-7,9-11H2,(H2,17,20). The van der Waals surface area contributed by atoms with Gasteiger partial charge in [0.15, 0.2) is 0 Å². The number of fused-ring (bicyclic) bond motifs is 1. The number of thiocarbonyl (C=S) groups is 1. The van der Waals surface area contributed by atoms with Gasteiger partial charge in [-0.05, 0) is 43.6 Å². The van der Waals surface area contributed by atoms with E-state index in [1.807, 2.05) is 12.3 Å². The average molecular weight is 285 g/mol. The number of rotatable bonds is 3. The summed E-state index contributed by atoms with van der Waals surface area (Å²) in [4.78, 5) is 7.58. The second-order valence-corrected chi connectivity index (χ2v) is 5.91. The van der Waals surface area contributed by atoms with Gasteiger partial charge in [-0.3, -0.25) is 9.88 Å². The Balaban J connectivity index is 1.73. The van der Waals surface area contributed by atoms with Crippen molar-refractivity contribution in [1.82, 2.24) is 9.88 Å². The third-order valence-corrected chi connectivity index (χ3v) is 4.46. The zero-order valence-corrected chi connectivity index (χ0v) is 12.3. The van der Waals surface area contributed by atoms with E-state index in [9.17, 15) is 0 Å². The maximum Gasteiger partial charge on any atom is 0.0759 e. The minimum atomic E-state index is 0.426. The molecule has 0 radical (unpaired) electrons. The number of hydrogen-bond donors (Lipinski definition) is 1. The SMILES string of the molecule is NC(=S)C1CCN(Cc2ccnc3ccccc23)CC1. The second kappa shape index (κ2) is 5.85. The highest BCUT2D eigenvalue weighted by Gasteiger charge is 2.21. The summed E-state index contributed by atoms with van der Waals surface area (Å²) in [6.07, 6.45) is 4.07. The van der Waals surface area contributed by atoms with E-state index in [0.29, 0.717) is 10.9 Å². The molecule has 1 fully saturated rings. The number of nitrogens with zero attached hydrogens (tertiary/aromatic N) is 2. The molecule has 0 bridgehead atoms. The number of nitrogens with two attached hydrogens (primary N) is 1. The normalized spacial score (nSPS) is 17.4. The molecule has 1 aliphatic heterocycles. The molecule has 1 aliphatic rings. The Labute approximate surface area is 124 Å². The van der Waals surface area contributed by atoms with E-state index in [2.05, 4.69) is 34.1 Å². The van der Waals surface area contributed by atoms with Crippen LogP contribution in [-0.2, 0) is 6.54 Å². The first-order chi connectivity index (χ1) is 9.74. The summed E-state index contributed by atoms with van der Waals surface area (Å²) in [6.45, 7) is 3.12. The van der Waals surface area contributed by atoms with Crippen molar-refractivity contribution >= 4 is 28.1 Å². The van der Waals surface area contributed by atoms with Gasteiger partial charge >= 0.3 is 0 Å². The Morgan fingerprint density at radius 3 is 2.75 bits per heavy atom. The molecule has 1 saturated heterocycles. The molecule has 0 atom stereocenters. The van der Waals surface area contributed by atoms with Crippen molar-refractivity contribution in [3.63, 3.8) is 0 Å². The fourth-order valence-electron chi connectivity index (χ4n) is 2.91. The zero-order valence-electron chi connectivity index (χ0n) is 11.5. The Morgan fingerprint density at radius 1 is 1.25 bits per heavy atom. The molecule has 104 valence electrons. The Hall–Kier alpha value is -1.52. The van der Waals surface area contributed by atoms with Crippen molar-refractivity contribution in [2.45, 2.75) is 19.4 Å². The van der Waals surface area contributed by atoms with Crippen LogP contribution in [0.3, 0.4) is 0 Å². The summed E-state index contributed by atoms with van der Waals surface area (Å²) in [7, 11) is 0. The summed E-state index contributed by atoms with van der Waals surface area (Å²) in [5.74, 6) is 0.426. The van der Waals surface area contributed by atoms with Crippen LogP contribution in [0.25, 0.3) is 10.9 Å². The van der Waals surface area contributed by atoms with Crippen LogP contribution in [0, 0.1) is 5.92 Å². The highest BCUT2D eigenvalue weighted by Crippen LogP contribution is 2.22. The maximum atomic E-state index is 5.74. The number of likely N-dealkylation sites (tertiary alicyclic amines) is 1. The van der Waals surface area contributed by atoms with Gasteiger partial charge in [0.25, 0.3) is 0 Å². The minimum Gasteiger partial charge on any atom is -0.393 e. The van der Waals surface area contributed by atoms with Crippen LogP contribution in [-0.4, -0.2) is 28.0 Å². The molecule has 20 heavy (non-hydrogen) atoms. The molecule has 0 aliphatic carbocycles. The van der Waals surface area contributed by atoms with E-state index in [0.717, 1.165) is 38.0 Å². The fraction of sp³-hybridized carbons (Fsp3) is 0.375. The van der Waals surface area contributed by atoms with Crippen LogP contribution < -0.4 is 5.73 Å². The van der Waals surface area contributed by atoms with E-state index < -0.39 is 0 Å². The topological polar surface area (TPSA) is 42.1 Å². The van der Waals surface area contributed by atoms with Crippen molar-refractivity contribution < 1.29 is 0 Å². The molecular weight excluding hydrogens is 266 g/mol. The van der Waals surface area contributed by atoms with Crippen molar-refractivity contribution in [3.8, 4) is 0 Å². The summed E-state index contributed by atoms with van der Waals surface area (Å²) in [5, 5.41) is 1.26. The van der Waals surface area contributed by atoms with Gasteiger partial charge in [0.1, 0.15) is 0 Å². The highest BCUT2D eigenvalue weighted by atomic mass is 32.1. The first kappa shape index (κ1) is 13.5. The van der Waals surface area contributed by atoms with Crippen molar-refractivity contribution in [2.75, 3.05) is 13.1 Å². The van der Waals surface area contributed by atoms with Gasteiger partial charge in [-0.15, -0.1) is 0 Å². The molecule has 2 heterocycles. The average Bonchev–Trinajstić information content (AvgIpc) is 2.48. The lowest BCUT2D eigenvalue weighted by Gasteiger charge is -2.31. The predicted octanol–water partition coefficient (Wildman–Crippen LogP) is 2.73. The summed E-state index contributed by atoms with van der Waals surface area (Å²) in [6, 6.07) is 10.5. The van der Waals surface area contributed by atoms with Gasteiger partial charge in [-0.25, -0.2) is 0 Å². The summed E-state index contributed by atoms with van der Waals surface area (Å²) in [5.41, 5.74) is 8.17. The fourth-order valence-corrected chi connectivity index (χ4v) is 3.15. The first-order valence-electron chi connectivity index (χ1n) is 7.08. The molecule has 4 heteroatoms. The summed E-state index contributed by atoms with van der Waals surface area (Å²) >= 11 is 5.10. The van der Waals surface area contributed by atoms with Crippen LogP contribution in [0.5, 0.6) is 0 Å². The smallest absolute Gasteiger partial charge is 0.0759 e. The van der Waals surface area contributed by atoms with Crippen molar-refractivity contribution in [3.05, 3.63) is 42.1 Å². The van der Waals surface area contributed by atoms with E-state index in [-0.39, 0.29) is 0 Å². The molecule has 2 N–H and O–H groups in total. The van der Waals surface area contributed by atoms with Gasteiger partial charge in [0.05, 0.1) is 10.5 Å². The van der Waals surface area contributed by atoms with Crippen LogP contribution in [0.1, 0.15) is 18.4 Å². The molecule has 2 aromatic rings. The van der Waals surface area contributed by atoms with Crippen LogP contribution in [0.4, 0.5) is 0 Å². The lowest BCUT2D eigenvalue weighted by atomic mass is 9.96. The minimum absolute atomic E-state index is 0.426. The molecule has 1 aromatic heterocycles. The highest BCUT2D eigenvalue weighted by molar-refractivity contribution is 7.80. The van der Waals surface area contributed by atoms with Crippen molar-refractivity contribution in [2.24, 2.45) is 11.7 Å². The Bertz CT molecular complexity index is 613. The largest absolute Gasteiger partial charge is 0.393 e.